The van der Waals surface area contributed by atoms with Crippen molar-refractivity contribution in [2.24, 2.45) is 0 Å². The first-order valence-corrected chi connectivity index (χ1v) is 4.13. The second kappa shape index (κ2) is 3.38. The fourth-order valence-electron chi connectivity index (χ4n) is 1.27. The number of benzene rings is 1. The molecule has 0 bridgehead atoms. The van der Waals surface area contributed by atoms with Crippen LogP contribution in [0.5, 0.6) is 0 Å². The van der Waals surface area contributed by atoms with E-state index in [-0.39, 0.29) is 12.2 Å². The standard InChI is InChI=1S/C9H6N4O2/c1-2-5-12-9-6-7(13(14)15)3-4-8(9)10-11-12/h1,3-4,6H,5H2. The Morgan fingerprint density at radius 2 is 2.40 bits per heavy atom. The highest BCUT2D eigenvalue weighted by Gasteiger charge is 2.10. The number of hydrogen-bond donors (Lipinski definition) is 0. The molecule has 0 atom stereocenters. The molecule has 0 aliphatic heterocycles. The van der Waals surface area contributed by atoms with E-state index in [2.05, 4.69) is 16.2 Å². The lowest BCUT2D eigenvalue weighted by atomic mass is 10.3. The van der Waals surface area contributed by atoms with E-state index in [1.165, 1.54) is 16.8 Å². The number of rotatable bonds is 2. The summed E-state index contributed by atoms with van der Waals surface area (Å²) in [5, 5.41) is 18.2. The first-order valence-electron chi connectivity index (χ1n) is 4.13. The zero-order valence-corrected chi connectivity index (χ0v) is 7.62. The highest BCUT2D eigenvalue weighted by Crippen LogP contribution is 2.18. The van der Waals surface area contributed by atoms with E-state index in [0.29, 0.717) is 11.0 Å². The monoisotopic (exact) mass is 202 g/mol. The summed E-state index contributed by atoms with van der Waals surface area (Å²) in [6, 6.07) is 4.34. The van der Waals surface area contributed by atoms with Crippen LogP contribution in [0.4, 0.5) is 5.69 Å². The summed E-state index contributed by atoms with van der Waals surface area (Å²) in [7, 11) is 0. The molecule has 0 radical (unpaired) electrons. The van der Waals surface area contributed by atoms with Crippen LogP contribution in [0.15, 0.2) is 18.2 Å². The number of non-ortho nitro benzene ring substituents is 1. The highest BCUT2D eigenvalue weighted by molar-refractivity contribution is 5.77. The number of nitro benzene ring substituents is 1. The normalized spacial score (nSPS) is 10.1. The lowest BCUT2D eigenvalue weighted by Gasteiger charge is -1.95. The summed E-state index contributed by atoms with van der Waals surface area (Å²) in [4.78, 5) is 10.1. The third-order valence-corrected chi connectivity index (χ3v) is 1.95. The topological polar surface area (TPSA) is 73.8 Å². The minimum absolute atomic E-state index is 0.00284. The minimum Gasteiger partial charge on any atom is -0.258 e. The Morgan fingerprint density at radius 3 is 3.07 bits per heavy atom. The molecule has 0 amide bonds. The number of hydrogen-bond acceptors (Lipinski definition) is 4. The zero-order chi connectivity index (χ0) is 10.8. The van der Waals surface area contributed by atoms with Gasteiger partial charge in [-0.2, -0.15) is 0 Å². The first-order chi connectivity index (χ1) is 7.22. The van der Waals surface area contributed by atoms with Crippen molar-refractivity contribution in [1.82, 2.24) is 15.0 Å². The van der Waals surface area contributed by atoms with Gasteiger partial charge in [0.2, 0.25) is 0 Å². The first kappa shape index (κ1) is 9.15. The van der Waals surface area contributed by atoms with Crippen LogP contribution in [0.1, 0.15) is 0 Å². The Balaban J connectivity index is 2.62. The molecule has 0 aliphatic rings. The molecule has 0 aliphatic carbocycles. The van der Waals surface area contributed by atoms with E-state index in [1.807, 2.05) is 0 Å². The van der Waals surface area contributed by atoms with Gasteiger partial charge in [0.1, 0.15) is 12.1 Å². The molecule has 2 rings (SSSR count). The molecule has 0 saturated heterocycles. The number of aromatic nitrogens is 3. The molecule has 1 heterocycles. The lowest BCUT2D eigenvalue weighted by Crippen LogP contribution is -1.98. The van der Waals surface area contributed by atoms with E-state index < -0.39 is 4.92 Å². The summed E-state index contributed by atoms with van der Waals surface area (Å²) < 4.78 is 1.45. The molecule has 74 valence electrons. The van der Waals surface area contributed by atoms with Crippen LogP contribution in [0, 0.1) is 22.5 Å². The molecule has 0 fully saturated rings. The van der Waals surface area contributed by atoms with Crippen LogP contribution in [-0.4, -0.2) is 19.9 Å². The van der Waals surface area contributed by atoms with Gasteiger partial charge in [0, 0.05) is 12.1 Å². The maximum absolute atomic E-state index is 10.6. The van der Waals surface area contributed by atoms with Gasteiger partial charge < -0.3 is 0 Å². The number of nitro groups is 1. The quantitative estimate of drug-likeness (QED) is 0.413. The fourth-order valence-corrected chi connectivity index (χ4v) is 1.27. The van der Waals surface area contributed by atoms with Gasteiger partial charge in [-0.05, 0) is 6.07 Å². The van der Waals surface area contributed by atoms with Gasteiger partial charge >= 0.3 is 0 Å². The van der Waals surface area contributed by atoms with Crippen molar-refractivity contribution < 1.29 is 4.92 Å². The Labute approximate surface area is 84.7 Å². The summed E-state index contributed by atoms with van der Waals surface area (Å²) in [6.07, 6.45) is 5.14. The zero-order valence-electron chi connectivity index (χ0n) is 7.62. The lowest BCUT2D eigenvalue weighted by molar-refractivity contribution is -0.384. The third kappa shape index (κ3) is 1.50. The maximum atomic E-state index is 10.6. The highest BCUT2D eigenvalue weighted by atomic mass is 16.6. The van der Waals surface area contributed by atoms with Crippen LogP contribution >= 0.6 is 0 Å². The Hall–Kier alpha value is -2.42. The molecule has 6 heteroatoms. The molecule has 6 nitrogen and oxygen atoms in total. The molecular formula is C9H6N4O2. The predicted molar refractivity (Wildman–Crippen MR) is 53.0 cm³/mol. The predicted octanol–water partition coefficient (Wildman–Crippen LogP) is 0.973. The van der Waals surface area contributed by atoms with Crippen LogP contribution in [-0.2, 0) is 6.54 Å². The van der Waals surface area contributed by atoms with Gasteiger partial charge in [-0.3, -0.25) is 10.1 Å². The smallest absolute Gasteiger partial charge is 0.258 e. The van der Waals surface area contributed by atoms with Gasteiger partial charge in [-0.15, -0.1) is 11.5 Å². The molecule has 0 N–H and O–H groups in total. The van der Waals surface area contributed by atoms with Gasteiger partial charge in [0.25, 0.3) is 5.69 Å². The Bertz CT molecular complexity index is 567. The average Bonchev–Trinajstić information content (AvgIpc) is 2.61. The summed E-state index contributed by atoms with van der Waals surface area (Å²) >= 11 is 0. The van der Waals surface area contributed by atoms with Crippen molar-refractivity contribution >= 4 is 16.7 Å². The summed E-state index contributed by atoms with van der Waals surface area (Å²) in [5.41, 5.74) is 1.17. The van der Waals surface area contributed by atoms with Gasteiger partial charge in [-0.1, -0.05) is 11.1 Å². The summed E-state index contributed by atoms with van der Waals surface area (Å²) in [5.74, 6) is 2.40. The molecule has 2 aromatic rings. The number of fused-ring (bicyclic) bond motifs is 1. The molecule has 1 aromatic carbocycles. The van der Waals surface area contributed by atoms with Crippen molar-refractivity contribution in [2.75, 3.05) is 0 Å². The van der Waals surface area contributed by atoms with E-state index in [1.54, 1.807) is 6.07 Å². The van der Waals surface area contributed by atoms with Crippen molar-refractivity contribution in [2.45, 2.75) is 6.54 Å². The van der Waals surface area contributed by atoms with Crippen molar-refractivity contribution in [3.8, 4) is 12.3 Å². The van der Waals surface area contributed by atoms with E-state index in [4.69, 9.17) is 6.42 Å². The molecule has 0 spiro atoms. The molecule has 0 unspecified atom stereocenters. The van der Waals surface area contributed by atoms with Crippen LogP contribution in [0.3, 0.4) is 0 Å². The number of terminal acetylenes is 1. The largest absolute Gasteiger partial charge is 0.271 e. The second-order valence-electron chi connectivity index (χ2n) is 2.88. The Kier molecular flexibility index (Phi) is 2.06. The maximum Gasteiger partial charge on any atom is 0.271 e. The average molecular weight is 202 g/mol. The molecule has 1 aromatic heterocycles. The SMILES string of the molecule is C#CCn1nnc2ccc([N+](=O)[O-])cc21. The van der Waals surface area contributed by atoms with Crippen molar-refractivity contribution in [1.29, 1.82) is 0 Å². The molecule has 15 heavy (non-hydrogen) atoms. The second-order valence-corrected chi connectivity index (χ2v) is 2.88. The molecule has 0 saturated carbocycles. The van der Waals surface area contributed by atoms with Crippen LogP contribution < -0.4 is 0 Å². The van der Waals surface area contributed by atoms with Crippen LogP contribution in [0.2, 0.25) is 0 Å². The summed E-state index contributed by atoms with van der Waals surface area (Å²) in [6.45, 7) is 0.248. The van der Waals surface area contributed by atoms with Gasteiger partial charge in [0.15, 0.2) is 0 Å². The van der Waals surface area contributed by atoms with Crippen LogP contribution in [0.25, 0.3) is 11.0 Å². The van der Waals surface area contributed by atoms with Crippen molar-refractivity contribution in [3.63, 3.8) is 0 Å². The van der Waals surface area contributed by atoms with E-state index in [9.17, 15) is 10.1 Å². The number of nitrogens with zero attached hydrogens (tertiary/aromatic N) is 4. The third-order valence-electron chi connectivity index (χ3n) is 1.95. The fraction of sp³-hybridized carbons (Fsp3) is 0.111. The Morgan fingerprint density at radius 1 is 1.60 bits per heavy atom. The van der Waals surface area contributed by atoms with Gasteiger partial charge in [-0.25, -0.2) is 4.68 Å². The minimum atomic E-state index is -0.466. The van der Waals surface area contributed by atoms with E-state index >= 15 is 0 Å². The van der Waals surface area contributed by atoms with Crippen molar-refractivity contribution in [3.05, 3.63) is 28.3 Å². The molecular weight excluding hydrogens is 196 g/mol. The van der Waals surface area contributed by atoms with E-state index in [0.717, 1.165) is 0 Å². The van der Waals surface area contributed by atoms with Gasteiger partial charge in [0.05, 0.1) is 10.4 Å².